The van der Waals surface area contributed by atoms with Gasteiger partial charge in [0.2, 0.25) is 10.0 Å². The fourth-order valence-corrected chi connectivity index (χ4v) is 2.85. The minimum Gasteiger partial charge on any atom is -0.483 e. The number of carbonyl (C=O) groups is 1. The van der Waals surface area contributed by atoms with Gasteiger partial charge in [-0.15, -0.1) is 0 Å². The molecule has 6 nitrogen and oxygen atoms in total. The van der Waals surface area contributed by atoms with Gasteiger partial charge in [0.05, 0.1) is 5.75 Å². The number of anilines is 2. The molecule has 8 heteroatoms. The van der Waals surface area contributed by atoms with Crippen molar-refractivity contribution in [3.63, 3.8) is 0 Å². The van der Waals surface area contributed by atoms with Gasteiger partial charge in [-0.2, -0.15) is 0 Å². The normalized spacial score (nSPS) is 11.0. The summed E-state index contributed by atoms with van der Waals surface area (Å²) in [6.45, 7) is 3.25. The second-order valence-electron chi connectivity index (χ2n) is 5.33. The number of carbonyl (C=O) groups excluding carboxylic acids is 1. The molecule has 2 aromatic carbocycles. The van der Waals surface area contributed by atoms with Gasteiger partial charge in [-0.05, 0) is 61.9 Å². The minimum atomic E-state index is -3.32. The van der Waals surface area contributed by atoms with Gasteiger partial charge in [0.1, 0.15) is 5.75 Å². The summed E-state index contributed by atoms with van der Waals surface area (Å²) in [5.41, 5.74) is 1.82. The van der Waals surface area contributed by atoms with Crippen LogP contribution < -0.4 is 14.8 Å². The molecule has 0 bridgehead atoms. The molecule has 0 aromatic heterocycles. The molecule has 25 heavy (non-hydrogen) atoms. The van der Waals surface area contributed by atoms with Crippen molar-refractivity contribution < 1.29 is 17.9 Å². The molecule has 0 heterocycles. The van der Waals surface area contributed by atoms with E-state index in [9.17, 15) is 13.2 Å². The fraction of sp³-hybridized carbons (Fsp3) is 0.235. The zero-order valence-electron chi connectivity index (χ0n) is 13.9. The van der Waals surface area contributed by atoms with Gasteiger partial charge >= 0.3 is 0 Å². The van der Waals surface area contributed by atoms with E-state index in [2.05, 4.69) is 10.0 Å². The SMILES string of the molecule is CCS(=O)(=O)Nc1ccc(NC(=O)COc2ccc(Cl)cc2C)cc1. The predicted octanol–water partition coefficient (Wildman–Crippen LogP) is 3.43. The second kappa shape index (κ2) is 8.22. The molecular weight excluding hydrogens is 364 g/mol. The average molecular weight is 383 g/mol. The average Bonchev–Trinajstić information content (AvgIpc) is 2.56. The van der Waals surface area contributed by atoms with E-state index in [1.54, 1.807) is 49.4 Å². The number of benzene rings is 2. The Labute approximate surface area is 152 Å². The Hall–Kier alpha value is -2.25. The second-order valence-corrected chi connectivity index (χ2v) is 7.78. The lowest BCUT2D eigenvalue weighted by Gasteiger charge is -2.10. The molecule has 1 amide bonds. The first-order chi connectivity index (χ1) is 11.8. The third kappa shape index (κ3) is 5.95. The molecule has 134 valence electrons. The molecule has 2 N–H and O–H groups in total. The van der Waals surface area contributed by atoms with E-state index in [0.717, 1.165) is 5.56 Å². The summed E-state index contributed by atoms with van der Waals surface area (Å²) in [5, 5.41) is 3.28. The molecule has 0 saturated carbocycles. The van der Waals surface area contributed by atoms with Crippen LogP contribution in [0.3, 0.4) is 0 Å². The quantitative estimate of drug-likeness (QED) is 0.768. The molecule has 0 atom stereocenters. The van der Waals surface area contributed by atoms with Gasteiger partial charge in [0.25, 0.3) is 5.91 Å². The van der Waals surface area contributed by atoms with Crippen molar-refractivity contribution in [2.75, 3.05) is 22.4 Å². The van der Waals surface area contributed by atoms with Crippen LogP contribution in [0.2, 0.25) is 5.02 Å². The molecule has 2 aromatic rings. The van der Waals surface area contributed by atoms with E-state index < -0.39 is 10.0 Å². The van der Waals surface area contributed by atoms with E-state index >= 15 is 0 Å². The third-order valence-corrected chi connectivity index (χ3v) is 4.86. The molecule has 0 radical (unpaired) electrons. The summed E-state index contributed by atoms with van der Waals surface area (Å²) in [7, 11) is -3.32. The maximum Gasteiger partial charge on any atom is 0.262 e. The zero-order chi connectivity index (χ0) is 18.4. The van der Waals surface area contributed by atoms with Gasteiger partial charge in [0.15, 0.2) is 6.61 Å². The van der Waals surface area contributed by atoms with Crippen LogP contribution in [0, 0.1) is 6.92 Å². The minimum absolute atomic E-state index is 0.00700. The molecule has 0 aliphatic carbocycles. The van der Waals surface area contributed by atoms with Gasteiger partial charge in [-0.1, -0.05) is 11.6 Å². The van der Waals surface area contributed by atoms with E-state index in [1.807, 2.05) is 6.92 Å². The molecule has 0 aliphatic heterocycles. The van der Waals surface area contributed by atoms with Crippen LogP contribution >= 0.6 is 11.6 Å². The summed E-state index contributed by atoms with van der Waals surface area (Å²) in [6.07, 6.45) is 0. The maximum atomic E-state index is 12.0. The topological polar surface area (TPSA) is 84.5 Å². The third-order valence-electron chi connectivity index (χ3n) is 3.32. The Morgan fingerprint density at radius 2 is 1.76 bits per heavy atom. The smallest absolute Gasteiger partial charge is 0.262 e. The van der Waals surface area contributed by atoms with Crippen molar-refractivity contribution in [1.82, 2.24) is 0 Å². The molecule has 2 rings (SSSR count). The number of nitrogens with one attached hydrogen (secondary N) is 2. The molecule has 0 unspecified atom stereocenters. The largest absolute Gasteiger partial charge is 0.483 e. The highest BCUT2D eigenvalue weighted by Crippen LogP contribution is 2.22. The maximum absolute atomic E-state index is 12.0. The van der Waals surface area contributed by atoms with Gasteiger partial charge in [-0.25, -0.2) is 8.42 Å². The van der Waals surface area contributed by atoms with Crippen LogP contribution in [0.4, 0.5) is 11.4 Å². The van der Waals surface area contributed by atoms with Crippen LogP contribution in [0.1, 0.15) is 12.5 Å². The highest BCUT2D eigenvalue weighted by atomic mass is 35.5. The van der Waals surface area contributed by atoms with E-state index in [1.165, 1.54) is 0 Å². The number of rotatable bonds is 7. The number of hydrogen-bond acceptors (Lipinski definition) is 4. The zero-order valence-corrected chi connectivity index (χ0v) is 15.4. The number of halogens is 1. The van der Waals surface area contributed by atoms with Crippen LogP contribution in [-0.2, 0) is 14.8 Å². The molecule has 0 fully saturated rings. The summed E-state index contributed by atoms with van der Waals surface area (Å²) in [4.78, 5) is 12.0. The first kappa shape index (κ1) is 19.1. The van der Waals surface area contributed by atoms with E-state index in [-0.39, 0.29) is 18.3 Å². The van der Waals surface area contributed by atoms with Crippen LogP contribution in [0.15, 0.2) is 42.5 Å². The highest BCUT2D eigenvalue weighted by molar-refractivity contribution is 7.92. The lowest BCUT2D eigenvalue weighted by atomic mass is 10.2. The molecule has 0 aliphatic rings. The fourth-order valence-electron chi connectivity index (χ4n) is 1.99. The highest BCUT2D eigenvalue weighted by Gasteiger charge is 2.08. The number of hydrogen-bond donors (Lipinski definition) is 2. The van der Waals surface area contributed by atoms with Crippen molar-refractivity contribution in [1.29, 1.82) is 0 Å². The van der Waals surface area contributed by atoms with E-state index in [0.29, 0.717) is 22.1 Å². The summed E-state index contributed by atoms with van der Waals surface area (Å²) >= 11 is 5.87. The Morgan fingerprint density at radius 1 is 1.12 bits per heavy atom. The number of ether oxygens (including phenoxy) is 1. The monoisotopic (exact) mass is 382 g/mol. The lowest BCUT2D eigenvalue weighted by molar-refractivity contribution is -0.118. The van der Waals surface area contributed by atoms with Crippen molar-refractivity contribution in [2.24, 2.45) is 0 Å². The predicted molar refractivity (Wildman–Crippen MR) is 99.8 cm³/mol. The first-order valence-electron chi connectivity index (χ1n) is 7.58. The summed E-state index contributed by atoms with van der Waals surface area (Å²) in [5.74, 6) is 0.257. The van der Waals surface area contributed by atoms with Gasteiger partial charge in [0, 0.05) is 16.4 Å². The Bertz CT molecular complexity index is 851. The number of amides is 1. The van der Waals surface area contributed by atoms with Crippen molar-refractivity contribution in [3.05, 3.63) is 53.1 Å². The number of aryl methyl sites for hydroxylation is 1. The Balaban J connectivity index is 1.90. The van der Waals surface area contributed by atoms with Crippen molar-refractivity contribution in [2.45, 2.75) is 13.8 Å². The Morgan fingerprint density at radius 3 is 2.36 bits per heavy atom. The lowest BCUT2D eigenvalue weighted by Crippen LogP contribution is -2.20. The Kier molecular flexibility index (Phi) is 6.27. The molecule has 0 saturated heterocycles. The van der Waals surface area contributed by atoms with Crippen molar-refractivity contribution in [3.8, 4) is 5.75 Å². The van der Waals surface area contributed by atoms with E-state index in [4.69, 9.17) is 16.3 Å². The first-order valence-corrected chi connectivity index (χ1v) is 9.61. The van der Waals surface area contributed by atoms with Gasteiger partial charge < -0.3 is 10.1 Å². The number of sulfonamides is 1. The van der Waals surface area contributed by atoms with Crippen LogP contribution in [0.5, 0.6) is 5.75 Å². The molecule has 0 spiro atoms. The molecular formula is C17H19ClN2O4S. The van der Waals surface area contributed by atoms with Crippen LogP contribution in [0.25, 0.3) is 0 Å². The standard InChI is InChI=1S/C17H19ClN2O4S/c1-3-25(22,23)20-15-7-5-14(6-8-15)19-17(21)11-24-16-9-4-13(18)10-12(16)2/h4-10,20H,3,11H2,1-2H3,(H,19,21). The summed E-state index contributed by atoms with van der Waals surface area (Å²) < 4.78 is 30.9. The van der Waals surface area contributed by atoms with Gasteiger partial charge in [-0.3, -0.25) is 9.52 Å². The van der Waals surface area contributed by atoms with Crippen molar-refractivity contribution >= 4 is 38.9 Å². The van der Waals surface area contributed by atoms with Crippen LogP contribution in [-0.4, -0.2) is 26.7 Å². The summed E-state index contributed by atoms with van der Waals surface area (Å²) in [6, 6.07) is 11.5.